The molecular formula is C11H13N5O. The van der Waals surface area contributed by atoms with Crippen LogP contribution in [0.3, 0.4) is 0 Å². The summed E-state index contributed by atoms with van der Waals surface area (Å²) in [5.74, 6) is 0.742. The average Bonchev–Trinajstić information content (AvgIpc) is 2.40. The Labute approximate surface area is 99.5 Å². The van der Waals surface area contributed by atoms with E-state index in [0.717, 1.165) is 18.9 Å². The Morgan fingerprint density at radius 2 is 2.12 bits per heavy atom. The van der Waals surface area contributed by atoms with Gasteiger partial charge in [0.15, 0.2) is 0 Å². The van der Waals surface area contributed by atoms with Crippen LogP contribution < -0.4 is 4.90 Å². The second-order valence-corrected chi connectivity index (χ2v) is 3.77. The molecular weight excluding hydrogens is 218 g/mol. The van der Waals surface area contributed by atoms with Gasteiger partial charge in [0.25, 0.3) is 0 Å². The molecule has 1 fully saturated rings. The smallest absolute Gasteiger partial charge is 0.236 e. The van der Waals surface area contributed by atoms with Gasteiger partial charge in [-0.15, -0.1) is 0 Å². The van der Waals surface area contributed by atoms with E-state index in [2.05, 4.69) is 14.9 Å². The van der Waals surface area contributed by atoms with E-state index >= 15 is 0 Å². The first-order valence-electron chi connectivity index (χ1n) is 5.47. The lowest BCUT2D eigenvalue weighted by molar-refractivity contribution is -0.130. The molecule has 2 rings (SSSR count). The third kappa shape index (κ3) is 2.69. The minimum Gasteiger partial charge on any atom is -0.352 e. The summed E-state index contributed by atoms with van der Waals surface area (Å²) in [6.45, 7) is 2.74. The van der Waals surface area contributed by atoms with Crippen LogP contribution in [0.25, 0.3) is 0 Å². The summed E-state index contributed by atoms with van der Waals surface area (Å²) in [6.07, 6.45) is 4.97. The predicted octanol–water partition coefficient (Wildman–Crippen LogP) is 0.0389. The number of hydrogen-bond acceptors (Lipinski definition) is 5. The fourth-order valence-electron chi connectivity index (χ4n) is 1.82. The molecule has 6 heteroatoms. The van der Waals surface area contributed by atoms with E-state index in [1.54, 1.807) is 23.5 Å². The predicted molar refractivity (Wildman–Crippen MR) is 61.1 cm³/mol. The molecule has 0 aromatic carbocycles. The quantitative estimate of drug-likeness (QED) is 0.718. The van der Waals surface area contributed by atoms with Crippen LogP contribution in [0.15, 0.2) is 18.6 Å². The Hall–Kier alpha value is -2.16. The van der Waals surface area contributed by atoms with Crippen LogP contribution in [0, 0.1) is 11.3 Å². The number of carbonyl (C=O) groups excluding carboxylic acids is 1. The Kier molecular flexibility index (Phi) is 3.50. The molecule has 2 heterocycles. The molecule has 0 bridgehead atoms. The minimum atomic E-state index is -0.0914. The van der Waals surface area contributed by atoms with Gasteiger partial charge in [-0.25, -0.2) is 4.98 Å². The number of anilines is 1. The Bertz CT molecular complexity index is 419. The summed E-state index contributed by atoms with van der Waals surface area (Å²) in [4.78, 5) is 23.5. The fourth-order valence-corrected chi connectivity index (χ4v) is 1.82. The lowest BCUT2D eigenvalue weighted by atomic mass is 10.3. The summed E-state index contributed by atoms with van der Waals surface area (Å²) < 4.78 is 0. The van der Waals surface area contributed by atoms with E-state index in [1.165, 1.54) is 0 Å². The fraction of sp³-hybridized carbons (Fsp3) is 0.455. The van der Waals surface area contributed by atoms with E-state index in [-0.39, 0.29) is 12.3 Å². The molecule has 0 aliphatic carbocycles. The van der Waals surface area contributed by atoms with Gasteiger partial charge in [-0.3, -0.25) is 9.78 Å². The van der Waals surface area contributed by atoms with Crippen molar-refractivity contribution in [2.45, 2.75) is 6.42 Å². The molecule has 0 radical (unpaired) electrons. The van der Waals surface area contributed by atoms with Gasteiger partial charge in [0.1, 0.15) is 12.2 Å². The Morgan fingerprint density at radius 3 is 2.71 bits per heavy atom. The van der Waals surface area contributed by atoms with Crippen molar-refractivity contribution in [1.82, 2.24) is 14.9 Å². The number of amides is 1. The highest BCUT2D eigenvalue weighted by molar-refractivity contribution is 5.78. The van der Waals surface area contributed by atoms with Crippen LogP contribution in [0.1, 0.15) is 6.42 Å². The molecule has 1 amide bonds. The van der Waals surface area contributed by atoms with Crippen molar-refractivity contribution in [2.24, 2.45) is 0 Å². The minimum absolute atomic E-state index is 0.0366. The first-order chi connectivity index (χ1) is 8.31. The highest BCUT2D eigenvalue weighted by Crippen LogP contribution is 2.11. The third-order valence-electron chi connectivity index (χ3n) is 2.74. The van der Waals surface area contributed by atoms with Gasteiger partial charge in [0.2, 0.25) is 5.91 Å². The number of rotatable bonds is 2. The van der Waals surface area contributed by atoms with Gasteiger partial charge in [0.05, 0.1) is 12.3 Å². The number of nitrogens with zero attached hydrogens (tertiary/aromatic N) is 5. The topological polar surface area (TPSA) is 73.1 Å². The van der Waals surface area contributed by atoms with Crippen LogP contribution in [0.5, 0.6) is 0 Å². The molecule has 1 aromatic heterocycles. The molecule has 88 valence electrons. The van der Waals surface area contributed by atoms with Gasteiger partial charge in [0, 0.05) is 38.6 Å². The van der Waals surface area contributed by atoms with E-state index in [4.69, 9.17) is 5.26 Å². The molecule has 0 spiro atoms. The van der Waals surface area contributed by atoms with Crippen LogP contribution >= 0.6 is 0 Å². The Balaban J connectivity index is 1.91. The zero-order valence-corrected chi connectivity index (χ0v) is 9.41. The molecule has 17 heavy (non-hydrogen) atoms. The highest BCUT2D eigenvalue weighted by Gasteiger charge is 2.21. The summed E-state index contributed by atoms with van der Waals surface area (Å²) in [5, 5.41) is 8.47. The number of carbonyl (C=O) groups is 1. The lowest BCUT2D eigenvalue weighted by Gasteiger charge is -2.34. The van der Waals surface area contributed by atoms with Crippen molar-refractivity contribution in [2.75, 3.05) is 31.1 Å². The zero-order valence-electron chi connectivity index (χ0n) is 9.41. The van der Waals surface area contributed by atoms with Gasteiger partial charge in [-0.1, -0.05) is 0 Å². The summed E-state index contributed by atoms with van der Waals surface area (Å²) in [7, 11) is 0. The highest BCUT2D eigenvalue weighted by atomic mass is 16.2. The molecule has 6 nitrogen and oxygen atoms in total. The summed E-state index contributed by atoms with van der Waals surface area (Å²) in [5.41, 5.74) is 0. The van der Waals surface area contributed by atoms with E-state index in [1.807, 2.05) is 6.07 Å². The van der Waals surface area contributed by atoms with Gasteiger partial charge < -0.3 is 9.80 Å². The average molecular weight is 231 g/mol. The molecule has 0 N–H and O–H groups in total. The number of piperazine rings is 1. The zero-order chi connectivity index (χ0) is 12.1. The van der Waals surface area contributed by atoms with E-state index in [0.29, 0.717) is 13.1 Å². The number of nitriles is 1. The van der Waals surface area contributed by atoms with Crippen molar-refractivity contribution in [3.63, 3.8) is 0 Å². The van der Waals surface area contributed by atoms with Crippen LogP contribution in [-0.2, 0) is 4.79 Å². The monoisotopic (exact) mass is 231 g/mol. The molecule has 1 aromatic rings. The molecule has 1 saturated heterocycles. The molecule has 0 saturated carbocycles. The summed E-state index contributed by atoms with van der Waals surface area (Å²) >= 11 is 0. The van der Waals surface area contributed by atoms with Crippen molar-refractivity contribution >= 4 is 11.7 Å². The van der Waals surface area contributed by atoms with Crippen LogP contribution in [0.2, 0.25) is 0 Å². The number of hydrogen-bond donors (Lipinski definition) is 0. The lowest BCUT2D eigenvalue weighted by Crippen LogP contribution is -2.48. The molecule has 1 aliphatic heterocycles. The maximum absolute atomic E-state index is 11.5. The SMILES string of the molecule is N#CCC(=O)N1CCN(c2cnccn2)CC1. The van der Waals surface area contributed by atoms with Gasteiger partial charge in [-0.05, 0) is 0 Å². The standard InChI is InChI=1S/C11H13N5O/c12-2-1-11(17)16-7-5-15(6-8-16)10-9-13-3-4-14-10/h3-4,9H,1,5-8H2. The van der Waals surface area contributed by atoms with Crippen molar-refractivity contribution < 1.29 is 4.79 Å². The van der Waals surface area contributed by atoms with Crippen molar-refractivity contribution in [3.8, 4) is 6.07 Å². The van der Waals surface area contributed by atoms with Crippen molar-refractivity contribution in [3.05, 3.63) is 18.6 Å². The maximum atomic E-state index is 11.5. The third-order valence-corrected chi connectivity index (χ3v) is 2.74. The normalized spacial score (nSPS) is 15.5. The molecule has 0 unspecified atom stereocenters. The van der Waals surface area contributed by atoms with Crippen LogP contribution in [0.4, 0.5) is 5.82 Å². The van der Waals surface area contributed by atoms with Crippen molar-refractivity contribution in [1.29, 1.82) is 5.26 Å². The number of aromatic nitrogens is 2. The van der Waals surface area contributed by atoms with Gasteiger partial charge >= 0.3 is 0 Å². The van der Waals surface area contributed by atoms with E-state index < -0.39 is 0 Å². The maximum Gasteiger partial charge on any atom is 0.236 e. The molecule has 0 atom stereocenters. The first kappa shape index (κ1) is 11.3. The largest absolute Gasteiger partial charge is 0.352 e. The molecule has 1 aliphatic rings. The van der Waals surface area contributed by atoms with E-state index in [9.17, 15) is 4.79 Å². The summed E-state index contributed by atoms with van der Waals surface area (Å²) in [6, 6.07) is 1.88. The van der Waals surface area contributed by atoms with Crippen LogP contribution in [-0.4, -0.2) is 47.0 Å². The first-order valence-corrected chi connectivity index (χ1v) is 5.47. The Morgan fingerprint density at radius 1 is 1.35 bits per heavy atom. The second kappa shape index (κ2) is 5.25. The van der Waals surface area contributed by atoms with Gasteiger partial charge in [-0.2, -0.15) is 5.26 Å². The second-order valence-electron chi connectivity index (χ2n) is 3.77.